The highest BCUT2D eigenvalue weighted by atomic mass is 32.2. The molecular formula is C21H22N2O2S. The van der Waals surface area contributed by atoms with Gasteiger partial charge in [-0.05, 0) is 49.6 Å². The van der Waals surface area contributed by atoms with Crippen LogP contribution in [-0.2, 0) is 5.75 Å². The molecule has 3 aromatic rings. The fourth-order valence-electron chi connectivity index (χ4n) is 2.52. The Bertz CT molecular complexity index is 912. The quantitative estimate of drug-likeness (QED) is 0.426. The Hall–Kier alpha value is -2.53. The smallest absolute Gasteiger partial charge is 0.223 e. The van der Waals surface area contributed by atoms with Gasteiger partial charge in [0, 0.05) is 17.5 Å². The normalized spacial score (nSPS) is 10.6. The van der Waals surface area contributed by atoms with Crippen LogP contribution in [0.1, 0.15) is 22.4 Å². The summed E-state index contributed by atoms with van der Waals surface area (Å²) in [7, 11) is 1.64. The highest BCUT2D eigenvalue weighted by Gasteiger charge is 2.10. The van der Waals surface area contributed by atoms with Gasteiger partial charge in [0.05, 0.1) is 7.11 Å². The molecule has 0 unspecified atom stereocenters. The molecule has 0 saturated heterocycles. The van der Waals surface area contributed by atoms with Crippen molar-refractivity contribution in [3.63, 3.8) is 0 Å². The third-order valence-corrected chi connectivity index (χ3v) is 4.86. The Morgan fingerprint density at radius 2 is 1.73 bits per heavy atom. The maximum absolute atomic E-state index is 5.96. The largest absolute Gasteiger partial charge is 0.493 e. The summed E-state index contributed by atoms with van der Waals surface area (Å²) >= 11 is 1.61. The molecule has 0 spiro atoms. The summed E-state index contributed by atoms with van der Waals surface area (Å²) in [5, 5.41) is 0.703. The lowest BCUT2D eigenvalue weighted by Gasteiger charge is -2.11. The second-order valence-electron chi connectivity index (χ2n) is 6.10. The maximum atomic E-state index is 5.96. The summed E-state index contributed by atoms with van der Waals surface area (Å²) in [6.45, 7) is 6.07. The molecule has 0 fully saturated rings. The summed E-state index contributed by atoms with van der Waals surface area (Å²) in [5.74, 6) is 2.68. The van der Waals surface area contributed by atoms with Crippen molar-refractivity contribution in [1.29, 1.82) is 0 Å². The monoisotopic (exact) mass is 366 g/mol. The molecule has 0 N–H and O–H groups in total. The lowest BCUT2D eigenvalue weighted by molar-refractivity contribution is 0.372. The molecular weight excluding hydrogens is 344 g/mol. The molecule has 0 radical (unpaired) electrons. The molecule has 4 nitrogen and oxygen atoms in total. The molecule has 2 aromatic carbocycles. The number of methoxy groups -OCH3 is 1. The average Bonchev–Trinajstić information content (AvgIpc) is 2.62. The van der Waals surface area contributed by atoms with Gasteiger partial charge in [-0.25, -0.2) is 4.98 Å². The van der Waals surface area contributed by atoms with Crippen molar-refractivity contribution in [2.24, 2.45) is 0 Å². The van der Waals surface area contributed by atoms with E-state index in [1.807, 2.05) is 44.2 Å². The molecule has 5 heteroatoms. The van der Waals surface area contributed by atoms with E-state index >= 15 is 0 Å². The first-order chi connectivity index (χ1) is 12.5. The van der Waals surface area contributed by atoms with Crippen LogP contribution >= 0.6 is 11.8 Å². The van der Waals surface area contributed by atoms with Crippen LogP contribution in [0.15, 0.2) is 53.7 Å². The number of ether oxygens (including phenoxy) is 2. The van der Waals surface area contributed by atoms with Gasteiger partial charge in [-0.3, -0.25) is 0 Å². The minimum atomic E-state index is 0.520. The van der Waals surface area contributed by atoms with Gasteiger partial charge in [-0.2, -0.15) is 4.98 Å². The third-order valence-electron chi connectivity index (χ3n) is 3.96. The van der Waals surface area contributed by atoms with Gasteiger partial charge in [-0.15, -0.1) is 0 Å². The predicted octanol–water partition coefficient (Wildman–Crippen LogP) is 5.50. The summed E-state index contributed by atoms with van der Waals surface area (Å²) in [5.41, 5.74) is 4.54. The minimum Gasteiger partial charge on any atom is -0.493 e. The molecule has 134 valence electrons. The Morgan fingerprint density at radius 3 is 2.50 bits per heavy atom. The van der Waals surface area contributed by atoms with Crippen LogP contribution in [0.4, 0.5) is 0 Å². The van der Waals surface area contributed by atoms with Gasteiger partial charge >= 0.3 is 0 Å². The predicted molar refractivity (Wildman–Crippen MR) is 105 cm³/mol. The van der Waals surface area contributed by atoms with Crippen LogP contribution < -0.4 is 9.47 Å². The van der Waals surface area contributed by atoms with Crippen molar-refractivity contribution in [2.45, 2.75) is 31.7 Å². The number of nitrogens with zero attached hydrogens (tertiary/aromatic N) is 2. The minimum absolute atomic E-state index is 0.520. The fraction of sp³-hybridized carbons (Fsp3) is 0.238. The number of hydrogen-bond donors (Lipinski definition) is 0. The molecule has 3 rings (SSSR count). The van der Waals surface area contributed by atoms with E-state index in [0.29, 0.717) is 22.5 Å². The first kappa shape index (κ1) is 18.3. The van der Waals surface area contributed by atoms with Crippen LogP contribution in [0.2, 0.25) is 0 Å². The van der Waals surface area contributed by atoms with Gasteiger partial charge in [0.1, 0.15) is 0 Å². The summed E-state index contributed by atoms with van der Waals surface area (Å²) < 4.78 is 11.4. The van der Waals surface area contributed by atoms with E-state index in [9.17, 15) is 0 Å². The number of aryl methyl sites for hydroxylation is 3. The van der Waals surface area contributed by atoms with E-state index in [-0.39, 0.29) is 0 Å². The van der Waals surface area contributed by atoms with Crippen LogP contribution in [0, 0.1) is 20.8 Å². The molecule has 0 aliphatic carbocycles. The second kappa shape index (κ2) is 8.23. The van der Waals surface area contributed by atoms with E-state index in [4.69, 9.17) is 9.47 Å². The molecule has 0 bridgehead atoms. The van der Waals surface area contributed by atoms with Crippen LogP contribution in [-0.4, -0.2) is 17.1 Å². The van der Waals surface area contributed by atoms with Gasteiger partial charge in [0.15, 0.2) is 16.7 Å². The average molecular weight is 366 g/mol. The Morgan fingerprint density at radius 1 is 0.923 bits per heavy atom. The topological polar surface area (TPSA) is 44.2 Å². The van der Waals surface area contributed by atoms with Crippen molar-refractivity contribution in [2.75, 3.05) is 7.11 Å². The first-order valence-corrected chi connectivity index (χ1v) is 9.39. The molecule has 1 aromatic heterocycles. The van der Waals surface area contributed by atoms with E-state index in [0.717, 1.165) is 17.0 Å². The Balaban J connectivity index is 1.79. The number of aromatic nitrogens is 2. The number of thioether (sulfide) groups is 1. The molecule has 0 aliphatic rings. The van der Waals surface area contributed by atoms with E-state index in [1.165, 1.54) is 11.1 Å². The lowest BCUT2D eigenvalue weighted by Crippen LogP contribution is -1.97. The summed E-state index contributed by atoms with van der Waals surface area (Å²) in [4.78, 5) is 9.06. The van der Waals surface area contributed by atoms with Crippen molar-refractivity contribution in [3.05, 3.63) is 70.9 Å². The van der Waals surface area contributed by atoms with Gasteiger partial charge < -0.3 is 9.47 Å². The standard InChI is InChI=1S/C21H22N2O2S/c1-14-9-10-18(19(11-14)24-4)25-20-12-16(3)22-21(23-20)26-13-17-8-6-5-7-15(17)2/h5-12H,13H2,1-4H3. The Labute approximate surface area is 158 Å². The van der Waals surface area contributed by atoms with Gasteiger partial charge in [0.2, 0.25) is 5.88 Å². The van der Waals surface area contributed by atoms with Crippen LogP contribution in [0.5, 0.6) is 17.4 Å². The highest BCUT2D eigenvalue weighted by molar-refractivity contribution is 7.98. The van der Waals surface area contributed by atoms with Crippen molar-refractivity contribution < 1.29 is 9.47 Å². The zero-order valence-corrected chi connectivity index (χ0v) is 16.3. The molecule has 0 atom stereocenters. The van der Waals surface area contributed by atoms with Crippen LogP contribution in [0.25, 0.3) is 0 Å². The number of rotatable bonds is 6. The Kier molecular flexibility index (Phi) is 5.78. The number of benzene rings is 2. The zero-order valence-electron chi connectivity index (χ0n) is 15.4. The third kappa shape index (κ3) is 4.55. The van der Waals surface area contributed by atoms with E-state index in [1.54, 1.807) is 18.9 Å². The zero-order chi connectivity index (χ0) is 18.5. The van der Waals surface area contributed by atoms with Crippen molar-refractivity contribution in [3.8, 4) is 17.4 Å². The van der Waals surface area contributed by atoms with E-state index < -0.39 is 0 Å². The molecule has 0 aliphatic heterocycles. The fourth-order valence-corrected chi connectivity index (χ4v) is 3.49. The molecule has 0 amide bonds. The lowest BCUT2D eigenvalue weighted by atomic mass is 10.1. The van der Waals surface area contributed by atoms with Crippen molar-refractivity contribution >= 4 is 11.8 Å². The van der Waals surface area contributed by atoms with Crippen LogP contribution in [0.3, 0.4) is 0 Å². The molecule has 1 heterocycles. The SMILES string of the molecule is COc1cc(C)ccc1Oc1cc(C)nc(SCc2ccccc2C)n1. The maximum Gasteiger partial charge on any atom is 0.223 e. The number of hydrogen-bond acceptors (Lipinski definition) is 5. The second-order valence-corrected chi connectivity index (χ2v) is 7.04. The van der Waals surface area contributed by atoms with Gasteiger partial charge in [0.25, 0.3) is 0 Å². The van der Waals surface area contributed by atoms with Crippen molar-refractivity contribution in [1.82, 2.24) is 9.97 Å². The highest BCUT2D eigenvalue weighted by Crippen LogP contribution is 2.32. The summed E-state index contributed by atoms with van der Waals surface area (Å²) in [6.07, 6.45) is 0. The molecule has 0 saturated carbocycles. The van der Waals surface area contributed by atoms with E-state index in [2.05, 4.69) is 35.1 Å². The summed E-state index contributed by atoms with van der Waals surface area (Å²) in [6, 6.07) is 16.0. The molecule has 26 heavy (non-hydrogen) atoms. The van der Waals surface area contributed by atoms with Gasteiger partial charge in [-0.1, -0.05) is 42.1 Å². The first-order valence-electron chi connectivity index (χ1n) is 8.40.